The van der Waals surface area contributed by atoms with Crippen LogP contribution in [0.3, 0.4) is 0 Å². The highest BCUT2D eigenvalue weighted by Gasteiger charge is 2.21. The van der Waals surface area contributed by atoms with E-state index in [2.05, 4.69) is 21.8 Å². The van der Waals surface area contributed by atoms with Gasteiger partial charge in [0.1, 0.15) is 0 Å². The maximum Gasteiger partial charge on any atom is 0.255 e. The number of para-hydroxylation sites is 1. The Balaban J connectivity index is 2.02. The van der Waals surface area contributed by atoms with Gasteiger partial charge in [0.15, 0.2) is 0 Å². The molecule has 3 heteroatoms. The molecule has 0 spiro atoms. The first-order chi connectivity index (χ1) is 6.93. The number of hydrogen-bond acceptors (Lipinski definition) is 1. The largest absolute Gasteiger partial charge is 0.269 e. The molecule has 1 aromatic heterocycles. The Morgan fingerprint density at radius 1 is 1.07 bits per heavy atom. The number of azo groups is 2. The van der Waals surface area contributed by atoms with Crippen LogP contribution in [-0.4, -0.2) is 9.26 Å². The molecule has 2 aromatic rings. The third kappa shape index (κ3) is 1.06. The molecule has 0 unspecified atom stereocenters. The van der Waals surface area contributed by atoms with Gasteiger partial charge in [-0.05, 0) is 12.1 Å². The predicted molar refractivity (Wildman–Crippen MR) is 52.9 cm³/mol. The highest BCUT2D eigenvalue weighted by Crippen LogP contribution is 2.25. The van der Waals surface area contributed by atoms with E-state index in [1.807, 2.05) is 41.2 Å². The number of aromatic nitrogens is 1. The van der Waals surface area contributed by atoms with Crippen LogP contribution in [-0.2, 0) is 6.67 Å². The Bertz CT molecular complexity index is 482. The van der Waals surface area contributed by atoms with Gasteiger partial charge in [-0.15, -0.1) is 0 Å². The number of nitrogens with zero attached hydrogens (tertiary/aromatic N) is 3. The van der Waals surface area contributed by atoms with Crippen molar-refractivity contribution >= 4 is 11.5 Å². The summed E-state index contributed by atoms with van der Waals surface area (Å²) in [5.74, 6) is 1.02. The summed E-state index contributed by atoms with van der Waals surface area (Å²) in [6, 6.07) is 14.2. The first-order valence-corrected chi connectivity index (χ1v) is 4.63. The normalized spacial score (nSPS) is 13.9. The van der Waals surface area contributed by atoms with Crippen LogP contribution in [0.5, 0.6) is 0 Å². The van der Waals surface area contributed by atoms with E-state index in [-0.39, 0.29) is 0 Å². The number of benzene rings is 1. The van der Waals surface area contributed by atoms with E-state index in [4.69, 9.17) is 0 Å². The van der Waals surface area contributed by atoms with Crippen molar-refractivity contribution in [1.82, 2.24) is 4.57 Å². The minimum absolute atomic E-state index is 0.812. The monoisotopic (exact) mass is 184 g/mol. The number of fused-ring (bicyclic) bond motifs is 1. The molecule has 0 N–H and O–H groups in total. The van der Waals surface area contributed by atoms with Crippen LogP contribution in [0.1, 0.15) is 0 Å². The summed E-state index contributed by atoms with van der Waals surface area (Å²) in [5.41, 5.74) is 1.14. The van der Waals surface area contributed by atoms with Crippen LogP contribution in [0.15, 0.2) is 53.8 Å². The van der Waals surface area contributed by atoms with Crippen LogP contribution in [0.2, 0.25) is 0 Å². The summed E-state index contributed by atoms with van der Waals surface area (Å²) in [4.78, 5) is 0. The van der Waals surface area contributed by atoms with Gasteiger partial charge in [-0.1, -0.05) is 22.9 Å². The molecular weight excluding hydrogens is 174 g/mol. The molecule has 0 bridgehead atoms. The Kier molecular flexibility index (Phi) is 1.50. The fraction of sp³-hybridized carbons (Fsp3) is 0.0909. The van der Waals surface area contributed by atoms with Gasteiger partial charge in [-0.3, -0.25) is 4.57 Å². The molecule has 0 saturated heterocycles. The molecule has 1 aliphatic heterocycles. The van der Waals surface area contributed by atoms with E-state index in [0.717, 1.165) is 18.2 Å². The van der Waals surface area contributed by atoms with Crippen molar-refractivity contribution in [3.8, 4) is 0 Å². The van der Waals surface area contributed by atoms with Crippen molar-refractivity contribution in [2.24, 2.45) is 5.11 Å². The van der Waals surface area contributed by atoms with Crippen LogP contribution in [0.25, 0.3) is 0 Å². The molecule has 0 saturated carbocycles. The molecule has 14 heavy (non-hydrogen) atoms. The zero-order chi connectivity index (χ0) is 9.38. The van der Waals surface area contributed by atoms with E-state index >= 15 is 0 Å². The maximum absolute atomic E-state index is 4.48. The van der Waals surface area contributed by atoms with E-state index in [0.29, 0.717) is 0 Å². The molecule has 0 aliphatic carbocycles. The summed E-state index contributed by atoms with van der Waals surface area (Å²) in [6.45, 7) is 0.812. The third-order valence-corrected chi connectivity index (χ3v) is 2.37. The second-order valence-corrected chi connectivity index (χ2v) is 3.31. The van der Waals surface area contributed by atoms with E-state index in [9.17, 15) is 0 Å². The zero-order valence-electron chi connectivity index (χ0n) is 7.67. The van der Waals surface area contributed by atoms with Gasteiger partial charge in [-0.2, -0.15) is 0 Å². The van der Waals surface area contributed by atoms with E-state index in [1.165, 1.54) is 0 Å². The van der Waals surface area contributed by atoms with Crippen molar-refractivity contribution < 1.29 is 4.70 Å². The third-order valence-electron chi connectivity index (χ3n) is 2.37. The molecule has 68 valence electrons. The second-order valence-electron chi connectivity index (χ2n) is 3.31. The van der Waals surface area contributed by atoms with Crippen LogP contribution < -0.4 is 0 Å². The molecule has 1 aromatic carbocycles. The van der Waals surface area contributed by atoms with Crippen LogP contribution in [0, 0.1) is 0 Å². The molecule has 0 atom stereocenters. The lowest BCUT2D eigenvalue weighted by Gasteiger charge is -1.92. The molecule has 3 rings (SSSR count). The average Bonchev–Trinajstić information content (AvgIpc) is 2.78. The molecule has 3 nitrogen and oxygen atoms in total. The number of rotatable bonds is 1. The SMILES string of the molecule is c1ccc([N+]2=Nc3cccn3C2)cc1. The fourth-order valence-electron chi connectivity index (χ4n) is 1.65. The Morgan fingerprint density at radius 3 is 2.71 bits per heavy atom. The first-order valence-electron chi connectivity index (χ1n) is 4.63. The molecule has 0 fully saturated rings. The summed E-state index contributed by atoms with van der Waals surface area (Å²) in [5, 5.41) is 4.48. The second kappa shape index (κ2) is 2.80. The smallest absolute Gasteiger partial charge is 0.255 e. The summed E-state index contributed by atoms with van der Waals surface area (Å²) in [7, 11) is 0. The quantitative estimate of drug-likeness (QED) is 0.607. The Morgan fingerprint density at radius 2 is 1.93 bits per heavy atom. The summed E-state index contributed by atoms with van der Waals surface area (Å²) >= 11 is 0. The van der Waals surface area contributed by atoms with Gasteiger partial charge in [0.2, 0.25) is 11.5 Å². The minimum atomic E-state index is 0.812. The molecule has 1 aliphatic rings. The van der Waals surface area contributed by atoms with Gasteiger partial charge < -0.3 is 0 Å². The number of hydrogen-bond donors (Lipinski definition) is 0. The average molecular weight is 184 g/mol. The summed E-state index contributed by atoms with van der Waals surface area (Å²) in [6.07, 6.45) is 2.04. The molecule has 2 heterocycles. The van der Waals surface area contributed by atoms with Crippen LogP contribution in [0.4, 0.5) is 11.5 Å². The van der Waals surface area contributed by atoms with Crippen molar-refractivity contribution in [2.45, 2.75) is 6.67 Å². The van der Waals surface area contributed by atoms with E-state index in [1.54, 1.807) is 0 Å². The van der Waals surface area contributed by atoms with Crippen molar-refractivity contribution in [1.29, 1.82) is 0 Å². The Hall–Kier alpha value is -1.90. The highest BCUT2D eigenvalue weighted by molar-refractivity contribution is 5.32. The maximum atomic E-state index is 4.48. The fourth-order valence-corrected chi connectivity index (χ4v) is 1.65. The van der Waals surface area contributed by atoms with Crippen molar-refractivity contribution in [2.75, 3.05) is 0 Å². The van der Waals surface area contributed by atoms with Gasteiger partial charge in [-0.25, -0.2) is 0 Å². The Labute approximate surface area is 81.9 Å². The first kappa shape index (κ1) is 7.50. The van der Waals surface area contributed by atoms with Gasteiger partial charge in [0.05, 0.1) is 0 Å². The lowest BCUT2D eigenvalue weighted by atomic mass is 10.3. The summed E-state index contributed by atoms with van der Waals surface area (Å²) < 4.78 is 4.11. The van der Waals surface area contributed by atoms with E-state index < -0.39 is 0 Å². The lowest BCUT2D eigenvalue weighted by Crippen LogP contribution is -2.01. The lowest BCUT2D eigenvalue weighted by molar-refractivity contribution is -0.529. The molecule has 0 radical (unpaired) electrons. The standard InChI is InChI=1S/C11H10N3/c1-2-5-10(6-3-1)14-9-13-8-4-7-11(13)12-14/h1-8H,9H2/q+1. The minimum Gasteiger partial charge on any atom is -0.269 e. The van der Waals surface area contributed by atoms with Crippen LogP contribution >= 0.6 is 0 Å². The molecule has 0 amide bonds. The van der Waals surface area contributed by atoms with Crippen molar-refractivity contribution in [3.05, 3.63) is 48.7 Å². The van der Waals surface area contributed by atoms with Gasteiger partial charge >= 0.3 is 0 Å². The highest BCUT2D eigenvalue weighted by atomic mass is 15.4. The van der Waals surface area contributed by atoms with Gasteiger partial charge in [0.25, 0.3) is 6.67 Å². The van der Waals surface area contributed by atoms with Crippen molar-refractivity contribution in [3.63, 3.8) is 0 Å². The predicted octanol–water partition coefficient (Wildman–Crippen LogP) is 2.89. The molecular formula is C11H10N3+. The topological polar surface area (TPSA) is 20.3 Å². The zero-order valence-corrected chi connectivity index (χ0v) is 7.67. The van der Waals surface area contributed by atoms with Gasteiger partial charge in [0, 0.05) is 23.4 Å².